The SMILES string of the molecule is CC(C)(C)N1CCNC[C@@H]1CC(N)=O. The normalized spacial score (nSPS) is 24.9. The van der Waals surface area contributed by atoms with E-state index < -0.39 is 0 Å². The molecule has 4 heteroatoms. The summed E-state index contributed by atoms with van der Waals surface area (Å²) in [5.74, 6) is -0.215. The molecule has 3 N–H and O–H groups in total. The number of nitrogens with two attached hydrogens (primary N) is 1. The predicted molar refractivity (Wildman–Crippen MR) is 56.9 cm³/mol. The van der Waals surface area contributed by atoms with Crippen molar-refractivity contribution in [2.24, 2.45) is 5.73 Å². The van der Waals surface area contributed by atoms with Crippen molar-refractivity contribution >= 4 is 5.91 Å². The highest BCUT2D eigenvalue weighted by atomic mass is 16.1. The van der Waals surface area contributed by atoms with Gasteiger partial charge in [0.15, 0.2) is 0 Å². The highest BCUT2D eigenvalue weighted by molar-refractivity contribution is 5.74. The lowest BCUT2D eigenvalue weighted by molar-refractivity contribution is -0.120. The summed E-state index contributed by atoms with van der Waals surface area (Å²) < 4.78 is 0. The number of rotatable bonds is 2. The van der Waals surface area contributed by atoms with Crippen molar-refractivity contribution in [2.75, 3.05) is 19.6 Å². The quantitative estimate of drug-likeness (QED) is 0.655. The Morgan fingerprint density at radius 2 is 2.21 bits per heavy atom. The lowest BCUT2D eigenvalue weighted by Gasteiger charge is -2.44. The van der Waals surface area contributed by atoms with Crippen LogP contribution in [0.3, 0.4) is 0 Å². The van der Waals surface area contributed by atoms with Crippen LogP contribution in [0.1, 0.15) is 27.2 Å². The summed E-state index contributed by atoms with van der Waals surface area (Å²) in [5.41, 5.74) is 5.35. The second-order valence-electron chi connectivity index (χ2n) is 4.89. The number of amides is 1. The number of primary amides is 1. The molecule has 1 amide bonds. The van der Waals surface area contributed by atoms with Crippen molar-refractivity contribution in [2.45, 2.75) is 38.8 Å². The monoisotopic (exact) mass is 199 g/mol. The Hall–Kier alpha value is -0.610. The summed E-state index contributed by atoms with van der Waals surface area (Å²) in [6.07, 6.45) is 0.449. The van der Waals surface area contributed by atoms with Crippen LogP contribution in [0.2, 0.25) is 0 Å². The molecule has 1 fully saturated rings. The van der Waals surface area contributed by atoms with Crippen LogP contribution in [0, 0.1) is 0 Å². The van der Waals surface area contributed by atoms with E-state index in [1.54, 1.807) is 0 Å². The minimum absolute atomic E-state index is 0.113. The first-order valence-corrected chi connectivity index (χ1v) is 5.17. The molecule has 0 spiro atoms. The van der Waals surface area contributed by atoms with Crippen LogP contribution < -0.4 is 11.1 Å². The topological polar surface area (TPSA) is 58.4 Å². The van der Waals surface area contributed by atoms with E-state index in [0.29, 0.717) is 6.42 Å². The Bertz CT molecular complexity index is 210. The molecule has 1 atom stereocenters. The minimum Gasteiger partial charge on any atom is -0.370 e. The van der Waals surface area contributed by atoms with Crippen molar-refractivity contribution < 1.29 is 4.79 Å². The third-order valence-corrected chi connectivity index (χ3v) is 2.65. The predicted octanol–water partition coefficient (Wildman–Crippen LogP) is -0.0659. The van der Waals surface area contributed by atoms with Gasteiger partial charge in [-0.1, -0.05) is 0 Å². The Balaban J connectivity index is 2.64. The molecule has 4 nitrogen and oxygen atoms in total. The molecule has 1 saturated heterocycles. The smallest absolute Gasteiger partial charge is 0.219 e. The number of piperazine rings is 1. The van der Waals surface area contributed by atoms with Crippen molar-refractivity contribution in [1.29, 1.82) is 0 Å². The lowest BCUT2D eigenvalue weighted by Crippen LogP contribution is -2.59. The van der Waals surface area contributed by atoms with Gasteiger partial charge in [0.2, 0.25) is 5.91 Å². The van der Waals surface area contributed by atoms with Crippen LogP contribution in [0.25, 0.3) is 0 Å². The van der Waals surface area contributed by atoms with Crippen molar-refractivity contribution in [3.05, 3.63) is 0 Å². The van der Waals surface area contributed by atoms with Crippen LogP contribution in [0.15, 0.2) is 0 Å². The van der Waals surface area contributed by atoms with Crippen LogP contribution in [-0.4, -0.2) is 42.0 Å². The summed E-state index contributed by atoms with van der Waals surface area (Å²) in [7, 11) is 0. The van der Waals surface area contributed by atoms with Crippen molar-refractivity contribution in [1.82, 2.24) is 10.2 Å². The van der Waals surface area contributed by atoms with Gasteiger partial charge in [0.25, 0.3) is 0 Å². The van der Waals surface area contributed by atoms with Gasteiger partial charge in [-0.05, 0) is 20.8 Å². The Morgan fingerprint density at radius 3 is 2.71 bits per heavy atom. The highest BCUT2D eigenvalue weighted by Crippen LogP contribution is 2.19. The second-order valence-corrected chi connectivity index (χ2v) is 4.89. The van der Waals surface area contributed by atoms with Gasteiger partial charge in [-0.3, -0.25) is 9.69 Å². The number of carbonyl (C=O) groups excluding carboxylic acids is 1. The fourth-order valence-electron chi connectivity index (χ4n) is 2.06. The molecule has 0 aromatic rings. The van der Waals surface area contributed by atoms with E-state index in [1.165, 1.54) is 0 Å². The first-order valence-electron chi connectivity index (χ1n) is 5.17. The molecule has 1 heterocycles. The molecule has 14 heavy (non-hydrogen) atoms. The maximum absolute atomic E-state index is 10.9. The zero-order chi connectivity index (χ0) is 10.8. The van der Waals surface area contributed by atoms with E-state index in [2.05, 4.69) is 31.0 Å². The van der Waals surface area contributed by atoms with Crippen molar-refractivity contribution in [3.8, 4) is 0 Å². The zero-order valence-corrected chi connectivity index (χ0v) is 9.34. The van der Waals surface area contributed by atoms with Gasteiger partial charge in [-0.15, -0.1) is 0 Å². The van der Waals surface area contributed by atoms with E-state index in [1.807, 2.05) is 0 Å². The van der Waals surface area contributed by atoms with E-state index in [9.17, 15) is 4.79 Å². The molecule has 0 aromatic carbocycles. The standard InChI is InChI=1S/C10H21N3O/c1-10(2,3)13-5-4-12-7-8(13)6-9(11)14/h8,12H,4-7H2,1-3H3,(H2,11,14)/t8-/m0/s1. The number of hydrogen-bond acceptors (Lipinski definition) is 3. The molecule has 0 aliphatic carbocycles. The molecule has 0 unspecified atom stereocenters. The molecule has 1 rings (SSSR count). The van der Waals surface area contributed by atoms with E-state index >= 15 is 0 Å². The fourth-order valence-corrected chi connectivity index (χ4v) is 2.06. The van der Waals surface area contributed by atoms with Gasteiger partial charge in [-0.25, -0.2) is 0 Å². The molecule has 1 aliphatic rings. The van der Waals surface area contributed by atoms with E-state index in [-0.39, 0.29) is 17.5 Å². The number of carbonyl (C=O) groups is 1. The van der Waals surface area contributed by atoms with Crippen LogP contribution in [0.4, 0.5) is 0 Å². The first kappa shape index (κ1) is 11.5. The number of hydrogen-bond donors (Lipinski definition) is 2. The molecule has 82 valence electrons. The third kappa shape index (κ3) is 2.96. The average Bonchev–Trinajstić information content (AvgIpc) is 2.01. The minimum atomic E-state index is -0.215. The summed E-state index contributed by atoms with van der Waals surface area (Å²) in [4.78, 5) is 13.3. The largest absolute Gasteiger partial charge is 0.370 e. The van der Waals surface area contributed by atoms with Gasteiger partial charge in [-0.2, -0.15) is 0 Å². The molecule has 0 radical (unpaired) electrons. The second kappa shape index (κ2) is 4.28. The molecule has 0 aromatic heterocycles. The van der Waals surface area contributed by atoms with Gasteiger partial charge >= 0.3 is 0 Å². The van der Waals surface area contributed by atoms with Crippen LogP contribution >= 0.6 is 0 Å². The zero-order valence-electron chi connectivity index (χ0n) is 9.34. The van der Waals surface area contributed by atoms with Gasteiger partial charge in [0, 0.05) is 37.6 Å². The van der Waals surface area contributed by atoms with Crippen LogP contribution in [0.5, 0.6) is 0 Å². The summed E-state index contributed by atoms with van der Waals surface area (Å²) >= 11 is 0. The maximum Gasteiger partial charge on any atom is 0.219 e. The lowest BCUT2D eigenvalue weighted by atomic mass is 9.99. The molecular weight excluding hydrogens is 178 g/mol. The number of nitrogens with one attached hydrogen (secondary N) is 1. The average molecular weight is 199 g/mol. The summed E-state index contributed by atoms with van der Waals surface area (Å²) in [6.45, 7) is 9.36. The van der Waals surface area contributed by atoms with Crippen LogP contribution in [-0.2, 0) is 4.79 Å². The summed E-state index contributed by atoms with van der Waals surface area (Å²) in [5, 5.41) is 3.29. The fraction of sp³-hybridized carbons (Fsp3) is 0.900. The van der Waals surface area contributed by atoms with E-state index in [0.717, 1.165) is 19.6 Å². The Kier molecular flexibility index (Phi) is 3.50. The Labute approximate surface area is 85.8 Å². The first-order chi connectivity index (χ1) is 6.41. The van der Waals surface area contributed by atoms with Gasteiger partial charge in [0.1, 0.15) is 0 Å². The number of nitrogens with zero attached hydrogens (tertiary/aromatic N) is 1. The maximum atomic E-state index is 10.9. The molecule has 0 bridgehead atoms. The Morgan fingerprint density at radius 1 is 1.57 bits per heavy atom. The summed E-state index contributed by atoms with van der Waals surface area (Å²) in [6, 6.07) is 0.251. The molecule has 0 saturated carbocycles. The van der Waals surface area contributed by atoms with Crippen molar-refractivity contribution in [3.63, 3.8) is 0 Å². The molecule has 1 aliphatic heterocycles. The van der Waals surface area contributed by atoms with E-state index in [4.69, 9.17) is 5.73 Å². The van der Waals surface area contributed by atoms with Gasteiger partial charge < -0.3 is 11.1 Å². The van der Waals surface area contributed by atoms with Gasteiger partial charge in [0.05, 0.1) is 0 Å². The molecular formula is C10H21N3O. The third-order valence-electron chi connectivity index (χ3n) is 2.65. The highest BCUT2D eigenvalue weighted by Gasteiger charge is 2.31.